The molecule has 0 bridgehead atoms. The molecule has 8 heteroatoms. The second kappa shape index (κ2) is 8.37. The predicted octanol–water partition coefficient (Wildman–Crippen LogP) is 4.94. The lowest BCUT2D eigenvalue weighted by atomic mass is 10.2. The molecule has 0 N–H and O–H groups in total. The highest BCUT2D eigenvalue weighted by molar-refractivity contribution is 7.99. The summed E-state index contributed by atoms with van der Waals surface area (Å²) >= 11 is 2.87. The molecule has 0 saturated heterocycles. The van der Waals surface area contributed by atoms with E-state index < -0.39 is 0 Å². The Bertz CT molecular complexity index is 1530. The number of fused-ring (bicyclic) bond motifs is 3. The van der Waals surface area contributed by atoms with Crippen molar-refractivity contribution in [3.63, 3.8) is 0 Å². The van der Waals surface area contributed by atoms with Gasteiger partial charge in [-0.2, -0.15) is 0 Å². The number of Topliss-reactive ketones (excluding diaryl/α,β-unsaturated/α-hetero) is 1. The molecule has 0 aliphatic rings. The first-order valence-electron chi connectivity index (χ1n) is 10.3. The van der Waals surface area contributed by atoms with Crippen LogP contribution in [0.4, 0.5) is 0 Å². The van der Waals surface area contributed by atoms with Crippen LogP contribution in [0.2, 0.25) is 0 Å². The summed E-state index contributed by atoms with van der Waals surface area (Å²) in [6.45, 7) is 4.04. The minimum atomic E-state index is -0.145. The molecule has 0 spiro atoms. The van der Waals surface area contributed by atoms with E-state index in [-0.39, 0.29) is 17.1 Å². The van der Waals surface area contributed by atoms with Gasteiger partial charge < -0.3 is 0 Å². The van der Waals surface area contributed by atoms with Gasteiger partial charge >= 0.3 is 0 Å². The fourth-order valence-electron chi connectivity index (χ4n) is 3.72. The van der Waals surface area contributed by atoms with Crippen molar-refractivity contribution in [2.75, 3.05) is 5.75 Å². The number of ketones is 1. The van der Waals surface area contributed by atoms with Gasteiger partial charge in [0.05, 0.1) is 27.2 Å². The smallest absolute Gasteiger partial charge is 0.267 e. The van der Waals surface area contributed by atoms with Crippen LogP contribution in [0.15, 0.2) is 70.6 Å². The van der Waals surface area contributed by atoms with Crippen LogP contribution in [0.25, 0.3) is 22.4 Å². The normalized spacial score (nSPS) is 11.4. The van der Waals surface area contributed by atoms with Crippen LogP contribution in [0.3, 0.4) is 0 Å². The second-order valence-corrected chi connectivity index (χ2v) is 9.50. The number of hydrogen-bond acceptors (Lipinski definition) is 6. The first-order valence-corrected chi connectivity index (χ1v) is 12.1. The zero-order valence-electron chi connectivity index (χ0n) is 17.6. The summed E-state index contributed by atoms with van der Waals surface area (Å²) in [5.41, 5.74) is 2.30. The Morgan fingerprint density at radius 2 is 1.81 bits per heavy atom. The van der Waals surface area contributed by atoms with E-state index in [0.29, 0.717) is 16.3 Å². The predicted molar refractivity (Wildman–Crippen MR) is 130 cm³/mol. The summed E-state index contributed by atoms with van der Waals surface area (Å²) in [5.74, 6) is 0.748. The van der Waals surface area contributed by atoms with Crippen molar-refractivity contribution in [1.82, 2.24) is 19.2 Å². The van der Waals surface area contributed by atoms with Gasteiger partial charge in [-0.3, -0.25) is 14.0 Å². The highest BCUT2D eigenvalue weighted by Crippen LogP contribution is 2.26. The third kappa shape index (κ3) is 3.45. The maximum absolute atomic E-state index is 13.4. The van der Waals surface area contributed by atoms with E-state index in [1.165, 1.54) is 28.0 Å². The molecular formula is C24H20N4O2S2. The number of thioether (sulfide) groups is 1. The summed E-state index contributed by atoms with van der Waals surface area (Å²) in [5, 5.41) is 9.87. The molecule has 32 heavy (non-hydrogen) atoms. The number of thiophene rings is 1. The Kier molecular flexibility index (Phi) is 5.40. The summed E-state index contributed by atoms with van der Waals surface area (Å²) in [7, 11) is 0. The van der Waals surface area contributed by atoms with Gasteiger partial charge in [-0.15, -0.1) is 21.5 Å². The van der Waals surface area contributed by atoms with Crippen molar-refractivity contribution in [3.8, 4) is 5.69 Å². The number of hydrogen-bond donors (Lipinski definition) is 0. The molecule has 3 aromatic heterocycles. The van der Waals surface area contributed by atoms with Crippen molar-refractivity contribution in [2.24, 2.45) is 0 Å². The van der Waals surface area contributed by atoms with Gasteiger partial charge in [0.15, 0.2) is 10.9 Å². The van der Waals surface area contributed by atoms with Crippen molar-refractivity contribution in [2.45, 2.75) is 25.4 Å². The lowest BCUT2D eigenvalue weighted by molar-refractivity contribution is 0.102. The second-order valence-electron chi connectivity index (χ2n) is 7.39. The van der Waals surface area contributed by atoms with Crippen molar-refractivity contribution in [3.05, 3.63) is 86.3 Å². The lowest BCUT2D eigenvalue weighted by Crippen LogP contribution is -2.22. The van der Waals surface area contributed by atoms with Gasteiger partial charge in [-0.25, -0.2) is 4.57 Å². The molecular weight excluding hydrogens is 440 g/mol. The Labute approximate surface area is 192 Å². The standard InChI is InChI=1S/C24H20N4O2S2/c1-3-16-12-13-21(32-16)20(29)14-31-24-26-25-23-27(18-10-6-4-8-15(18)2)22(30)17-9-5-7-11-19(17)28(23)24/h4-13H,3,14H2,1-2H3. The summed E-state index contributed by atoms with van der Waals surface area (Å²) < 4.78 is 3.47. The fraction of sp³-hybridized carbons (Fsp3) is 0.167. The molecule has 6 nitrogen and oxygen atoms in total. The van der Waals surface area contributed by atoms with Crippen LogP contribution >= 0.6 is 23.1 Å². The van der Waals surface area contributed by atoms with Crippen LogP contribution < -0.4 is 5.56 Å². The molecule has 0 saturated carbocycles. The molecule has 0 radical (unpaired) electrons. The van der Waals surface area contributed by atoms with E-state index in [2.05, 4.69) is 17.1 Å². The molecule has 0 amide bonds. The molecule has 0 fully saturated rings. The Hall–Kier alpha value is -3.23. The first kappa shape index (κ1) is 20.7. The fourth-order valence-corrected chi connectivity index (χ4v) is 5.52. The first-order chi connectivity index (χ1) is 15.6. The third-order valence-corrected chi connectivity index (χ3v) is 7.57. The third-order valence-electron chi connectivity index (χ3n) is 5.37. The SMILES string of the molecule is CCc1ccc(C(=O)CSc2nnc3n(-c4ccccc4C)c(=O)c4ccccc4n23)s1. The van der Waals surface area contributed by atoms with Crippen molar-refractivity contribution < 1.29 is 4.79 Å². The van der Waals surface area contributed by atoms with E-state index >= 15 is 0 Å². The van der Waals surface area contributed by atoms with E-state index in [1.807, 2.05) is 72.0 Å². The van der Waals surface area contributed by atoms with Gasteiger partial charge in [0.2, 0.25) is 5.78 Å². The summed E-state index contributed by atoms with van der Waals surface area (Å²) in [4.78, 5) is 28.1. The van der Waals surface area contributed by atoms with Gasteiger partial charge in [-0.05, 0) is 49.2 Å². The average Bonchev–Trinajstić information content (AvgIpc) is 3.46. The van der Waals surface area contributed by atoms with Crippen LogP contribution in [-0.2, 0) is 6.42 Å². The molecule has 5 aromatic rings. The molecule has 160 valence electrons. The number of nitrogens with zero attached hydrogens (tertiary/aromatic N) is 4. The summed E-state index contributed by atoms with van der Waals surface area (Å²) in [6.07, 6.45) is 0.919. The largest absolute Gasteiger partial charge is 0.292 e. The maximum Gasteiger partial charge on any atom is 0.267 e. The average molecular weight is 461 g/mol. The maximum atomic E-state index is 13.4. The van der Waals surface area contributed by atoms with Crippen LogP contribution in [0.1, 0.15) is 27.0 Å². The molecule has 5 rings (SSSR count). The van der Waals surface area contributed by atoms with Gasteiger partial charge in [0, 0.05) is 4.88 Å². The number of benzene rings is 2. The minimum absolute atomic E-state index is 0.0629. The number of carbonyl (C=O) groups is 1. The van der Waals surface area contributed by atoms with E-state index in [9.17, 15) is 9.59 Å². The minimum Gasteiger partial charge on any atom is -0.292 e. The highest BCUT2D eigenvalue weighted by atomic mass is 32.2. The van der Waals surface area contributed by atoms with E-state index in [4.69, 9.17) is 0 Å². The highest BCUT2D eigenvalue weighted by Gasteiger charge is 2.20. The molecule has 0 unspecified atom stereocenters. The van der Waals surface area contributed by atoms with Crippen LogP contribution in [-0.4, -0.2) is 30.7 Å². The topological polar surface area (TPSA) is 69.3 Å². The number of carbonyl (C=O) groups excluding carboxylic acids is 1. The molecule has 2 aromatic carbocycles. The van der Waals surface area contributed by atoms with Gasteiger partial charge in [0.1, 0.15) is 0 Å². The van der Waals surface area contributed by atoms with Crippen LogP contribution in [0.5, 0.6) is 0 Å². The van der Waals surface area contributed by atoms with Gasteiger partial charge in [0.25, 0.3) is 5.56 Å². The lowest BCUT2D eigenvalue weighted by Gasteiger charge is -2.13. The Balaban J connectivity index is 1.63. The monoisotopic (exact) mass is 460 g/mol. The van der Waals surface area contributed by atoms with Crippen molar-refractivity contribution >= 4 is 45.6 Å². The zero-order valence-corrected chi connectivity index (χ0v) is 19.2. The van der Waals surface area contributed by atoms with Gasteiger partial charge in [-0.1, -0.05) is 49.0 Å². The summed E-state index contributed by atoms with van der Waals surface area (Å²) in [6, 6.07) is 19.0. The zero-order chi connectivity index (χ0) is 22.2. The molecule has 0 aliphatic heterocycles. The number of para-hydroxylation sites is 2. The number of aryl methyl sites for hydroxylation is 2. The van der Waals surface area contributed by atoms with Crippen molar-refractivity contribution in [1.29, 1.82) is 0 Å². The Morgan fingerprint density at radius 3 is 2.59 bits per heavy atom. The number of rotatable bonds is 6. The quantitative estimate of drug-likeness (QED) is 0.265. The van der Waals surface area contributed by atoms with E-state index in [1.54, 1.807) is 4.57 Å². The molecule has 3 heterocycles. The van der Waals surface area contributed by atoms with Crippen LogP contribution in [0, 0.1) is 6.92 Å². The Morgan fingerprint density at radius 1 is 1.03 bits per heavy atom. The molecule has 0 atom stereocenters. The molecule has 0 aliphatic carbocycles. The number of aromatic nitrogens is 4. The van der Waals surface area contributed by atoms with E-state index in [0.717, 1.165) is 28.1 Å².